The minimum Gasteiger partial charge on any atom is -0.353 e. The average Bonchev–Trinajstić information content (AvgIpc) is 2.74. The van der Waals surface area contributed by atoms with Crippen LogP contribution in [0.5, 0.6) is 0 Å². The van der Waals surface area contributed by atoms with E-state index >= 15 is 0 Å². The van der Waals surface area contributed by atoms with E-state index in [0.29, 0.717) is 11.9 Å². The molecule has 31 heavy (non-hydrogen) atoms. The molecule has 1 rings (SSSR count). The summed E-state index contributed by atoms with van der Waals surface area (Å²) in [6.07, 6.45) is 27.2. The van der Waals surface area contributed by atoms with Crippen LogP contribution < -0.4 is 5.32 Å². The van der Waals surface area contributed by atoms with Crippen molar-refractivity contribution in [3.63, 3.8) is 0 Å². The van der Waals surface area contributed by atoms with Gasteiger partial charge in [-0.05, 0) is 19.3 Å². The fourth-order valence-electron chi connectivity index (χ4n) is 4.03. The van der Waals surface area contributed by atoms with Gasteiger partial charge in [0.1, 0.15) is 6.29 Å². The maximum Gasteiger partial charge on any atom is 0.220 e. The van der Waals surface area contributed by atoms with Gasteiger partial charge in [0.05, 0.1) is 0 Å². The zero-order valence-corrected chi connectivity index (χ0v) is 21.6. The molecule has 1 fully saturated rings. The summed E-state index contributed by atoms with van der Waals surface area (Å²) in [6, 6.07) is 0.480. The number of rotatable bonds is 16. The zero-order chi connectivity index (χ0) is 23.2. The van der Waals surface area contributed by atoms with Crippen LogP contribution in [0.25, 0.3) is 0 Å². The van der Waals surface area contributed by atoms with Crippen molar-refractivity contribution >= 4 is 12.2 Å². The first-order valence-corrected chi connectivity index (χ1v) is 13.6. The summed E-state index contributed by atoms with van der Waals surface area (Å²) in [4.78, 5) is 21.7. The summed E-state index contributed by atoms with van der Waals surface area (Å²) in [5.74, 6) is 0.297. The zero-order valence-electron chi connectivity index (χ0n) is 21.6. The number of hydrogen-bond acceptors (Lipinski definition) is 2. The van der Waals surface area contributed by atoms with Crippen LogP contribution in [0.3, 0.4) is 0 Å². The number of nitrogens with one attached hydrogen (secondary N) is 1. The molecule has 0 unspecified atom stereocenters. The maximum atomic E-state index is 11.9. The molecule has 0 spiro atoms. The van der Waals surface area contributed by atoms with Crippen LogP contribution >= 0.6 is 0 Å². The molecule has 0 radical (unpaired) electrons. The van der Waals surface area contributed by atoms with Crippen LogP contribution in [0.1, 0.15) is 156 Å². The molecule has 0 saturated heterocycles. The molecule has 1 saturated carbocycles. The second kappa shape index (κ2) is 21.0. The fourth-order valence-corrected chi connectivity index (χ4v) is 4.03. The predicted molar refractivity (Wildman–Crippen MR) is 135 cm³/mol. The van der Waals surface area contributed by atoms with Crippen molar-refractivity contribution in [1.82, 2.24) is 5.32 Å². The summed E-state index contributed by atoms with van der Waals surface area (Å²) in [7, 11) is 0. The Morgan fingerprint density at radius 3 is 1.52 bits per heavy atom. The molecule has 3 nitrogen and oxygen atoms in total. The maximum absolute atomic E-state index is 11.9. The molecular formula is C28H55NO2. The molecule has 0 heterocycles. The minimum absolute atomic E-state index is 0.139. The topological polar surface area (TPSA) is 46.2 Å². The second-order valence-corrected chi connectivity index (χ2v) is 10.7. The first-order valence-electron chi connectivity index (χ1n) is 13.6. The third-order valence-electron chi connectivity index (χ3n) is 6.08. The fraction of sp³-hybridized carbons (Fsp3) is 0.929. The lowest BCUT2D eigenvalue weighted by molar-refractivity contribution is -0.122. The molecule has 0 aromatic rings. The molecule has 1 amide bonds. The number of carbonyl (C=O) groups is 2. The van der Waals surface area contributed by atoms with Gasteiger partial charge in [0, 0.05) is 17.9 Å². The van der Waals surface area contributed by atoms with Gasteiger partial charge in [-0.3, -0.25) is 4.79 Å². The van der Waals surface area contributed by atoms with Gasteiger partial charge in [-0.2, -0.15) is 0 Å². The highest BCUT2D eigenvalue weighted by Crippen LogP contribution is 2.18. The molecule has 0 aliphatic heterocycles. The largest absolute Gasteiger partial charge is 0.353 e. The predicted octanol–water partition coefficient (Wildman–Crippen LogP) is 8.54. The van der Waals surface area contributed by atoms with E-state index < -0.39 is 0 Å². The van der Waals surface area contributed by atoms with Crippen molar-refractivity contribution in [2.24, 2.45) is 5.41 Å². The highest BCUT2D eigenvalue weighted by atomic mass is 16.1. The molecule has 3 heteroatoms. The van der Waals surface area contributed by atoms with Crippen molar-refractivity contribution in [2.75, 3.05) is 0 Å². The Labute approximate surface area is 194 Å². The van der Waals surface area contributed by atoms with E-state index in [-0.39, 0.29) is 5.41 Å². The summed E-state index contributed by atoms with van der Waals surface area (Å²) < 4.78 is 0. The Hall–Kier alpha value is -0.860. The Balaban J connectivity index is 0.00000131. The third-order valence-corrected chi connectivity index (χ3v) is 6.08. The lowest BCUT2D eigenvalue weighted by atomic mass is 9.95. The number of hydrogen-bond donors (Lipinski definition) is 1. The standard InChI is InChI=1S/C23H45NO.C5H10O/c1-2-3-4-5-6-7-8-9-10-11-12-13-14-18-21-23(25)24-22-19-16-15-17-20-22;1-5(2,3)4-6/h22H,2-21H2,1H3,(H,24,25);4H,1-3H3. The van der Waals surface area contributed by atoms with Crippen LogP contribution in [0.4, 0.5) is 0 Å². The van der Waals surface area contributed by atoms with Crippen molar-refractivity contribution in [2.45, 2.75) is 162 Å². The quantitative estimate of drug-likeness (QED) is 0.194. The highest BCUT2D eigenvalue weighted by Gasteiger charge is 2.15. The molecule has 0 aromatic carbocycles. The lowest BCUT2D eigenvalue weighted by Crippen LogP contribution is -2.35. The van der Waals surface area contributed by atoms with Crippen molar-refractivity contribution in [1.29, 1.82) is 0 Å². The molecule has 1 aliphatic rings. The Bertz CT molecular complexity index is 408. The van der Waals surface area contributed by atoms with Gasteiger partial charge in [0.25, 0.3) is 0 Å². The monoisotopic (exact) mass is 437 g/mol. The van der Waals surface area contributed by atoms with Crippen LogP contribution in [-0.2, 0) is 9.59 Å². The Morgan fingerprint density at radius 1 is 0.742 bits per heavy atom. The smallest absolute Gasteiger partial charge is 0.220 e. The lowest BCUT2D eigenvalue weighted by Gasteiger charge is -2.22. The summed E-state index contributed by atoms with van der Waals surface area (Å²) >= 11 is 0. The first kappa shape index (κ1) is 30.1. The van der Waals surface area contributed by atoms with Crippen molar-refractivity contribution in [3.05, 3.63) is 0 Å². The van der Waals surface area contributed by atoms with Crippen LogP contribution in [0, 0.1) is 5.41 Å². The first-order chi connectivity index (χ1) is 14.9. The van der Waals surface area contributed by atoms with Crippen molar-refractivity contribution < 1.29 is 9.59 Å². The van der Waals surface area contributed by atoms with Crippen LogP contribution in [-0.4, -0.2) is 18.2 Å². The number of amides is 1. The van der Waals surface area contributed by atoms with Gasteiger partial charge < -0.3 is 10.1 Å². The molecule has 1 N–H and O–H groups in total. The summed E-state index contributed by atoms with van der Waals surface area (Å²) in [5.41, 5.74) is -0.139. The van der Waals surface area contributed by atoms with Gasteiger partial charge in [0.15, 0.2) is 0 Å². The normalized spacial score (nSPS) is 14.6. The number of aldehydes is 1. The highest BCUT2D eigenvalue weighted by molar-refractivity contribution is 5.76. The van der Waals surface area contributed by atoms with E-state index in [2.05, 4.69) is 12.2 Å². The third kappa shape index (κ3) is 23.6. The van der Waals surface area contributed by atoms with E-state index in [0.717, 1.165) is 19.1 Å². The molecule has 0 bridgehead atoms. The Kier molecular flexibility index (Phi) is 20.4. The average molecular weight is 438 g/mol. The Morgan fingerprint density at radius 2 is 1.13 bits per heavy atom. The molecule has 184 valence electrons. The van der Waals surface area contributed by atoms with Gasteiger partial charge in [0.2, 0.25) is 5.91 Å². The summed E-state index contributed by atoms with van der Waals surface area (Å²) in [5, 5.41) is 3.23. The van der Waals surface area contributed by atoms with E-state index in [9.17, 15) is 9.59 Å². The minimum atomic E-state index is -0.139. The summed E-state index contributed by atoms with van der Waals surface area (Å²) in [6.45, 7) is 7.91. The van der Waals surface area contributed by atoms with Gasteiger partial charge in [-0.1, -0.05) is 130 Å². The SMILES string of the molecule is CC(C)(C)C=O.CCCCCCCCCCCCCCCCC(=O)NC1CCCCC1. The molecular weight excluding hydrogens is 382 g/mol. The van der Waals surface area contributed by atoms with E-state index in [1.807, 2.05) is 20.8 Å². The number of unbranched alkanes of at least 4 members (excludes halogenated alkanes) is 13. The number of carbonyl (C=O) groups excluding carboxylic acids is 2. The van der Waals surface area contributed by atoms with Crippen molar-refractivity contribution in [3.8, 4) is 0 Å². The molecule has 0 atom stereocenters. The molecule has 1 aliphatic carbocycles. The van der Waals surface area contributed by atoms with Gasteiger partial charge in [-0.25, -0.2) is 0 Å². The molecule has 0 aromatic heterocycles. The van der Waals surface area contributed by atoms with Crippen LogP contribution in [0.2, 0.25) is 0 Å². The van der Waals surface area contributed by atoms with Gasteiger partial charge in [-0.15, -0.1) is 0 Å². The second-order valence-electron chi connectivity index (χ2n) is 10.7. The van der Waals surface area contributed by atoms with E-state index in [1.54, 1.807) is 0 Å². The van der Waals surface area contributed by atoms with Crippen LogP contribution in [0.15, 0.2) is 0 Å². The van der Waals surface area contributed by atoms with Gasteiger partial charge >= 0.3 is 0 Å². The van der Waals surface area contributed by atoms with E-state index in [1.165, 1.54) is 116 Å². The van der Waals surface area contributed by atoms with E-state index in [4.69, 9.17) is 0 Å².